The number of aromatic nitrogens is 2. The molecule has 1 aliphatic heterocycles. The van der Waals surface area contributed by atoms with E-state index in [0.29, 0.717) is 12.0 Å². The number of phenolic OH excluding ortho intramolecular Hbond substituents is 1. The monoisotopic (exact) mass is 506 g/mol. The van der Waals surface area contributed by atoms with E-state index in [1.807, 2.05) is 18.2 Å². The lowest BCUT2D eigenvalue weighted by Crippen LogP contribution is -2.39. The summed E-state index contributed by atoms with van der Waals surface area (Å²) in [6.45, 7) is 2.19. The zero-order chi connectivity index (χ0) is 19.7. The molecule has 1 aromatic heterocycles. The van der Waals surface area contributed by atoms with Gasteiger partial charge in [0.2, 0.25) is 0 Å². The quantitative estimate of drug-likeness (QED) is 0.573. The molecule has 1 aliphatic carbocycles. The maximum atomic E-state index is 10.6. The Morgan fingerprint density at radius 2 is 2.04 bits per heavy atom. The lowest BCUT2D eigenvalue weighted by molar-refractivity contribution is 0.260. The Morgan fingerprint density at radius 3 is 2.71 bits per heavy atom. The van der Waals surface area contributed by atoms with Crippen molar-refractivity contribution in [3.05, 3.63) is 38.8 Å². The number of rotatable bonds is 5. The summed E-state index contributed by atoms with van der Waals surface area (Å²) in [5, 5.41) is 23.1. The van der Waals surface area contributed by atoms with Crippen molar-refractivity contribution in [2.45, 2.75) is 37.6 Å². The molecule has 2 heterocycles. The Morgan fingerprint density at radius 1 is 1.21 bits per heavy atom. The molecule has 0 radical (unpaired) electrons. The van der Waals surface area contributed by atoms with Crippen molar-refractivity contribution in [1.82, 2.24) is 15.1 Å². The van der Waals surface area contributed by atoms with Crippen LogP contribution in [0, 0.1) is 0 Å². The molecule has 1 saturated carbocycles. The molecule has 2 fully saturated rings. The van der Waals surface area contributed by atoms with E-state index in [-0.39, 0.29) is 5.75 Å². The van der Waals surface area contributed by atoms with Gasteiger partial charge in [-0.3, -0.25) is 0 Å². The lowest BCUT2D eigenvalue weighted by Gasteiger charge is -2.30. The van der Waals surface area contributed by atoms with Gasteiger partial charge in [-0.25, -0.2) is 0 Å². The number of benzene rings is 1. The van der Waals surface area contributed by atoms with Crippen molar-refractivity contribution in [2.24, 2.45) is 0 Å². The third kappa shape index (κ3) is 4.75. The Balaban J connectivity index is 1.62. The highest BCUT2D eigenvalue weighted by molar-refractivity contribution is 9.28. The van der Waals surface area contributed by atoms with Crippen LogP contribution < -0.4 is 5.32 Å². The number of likely N-dealkylation sites (tertiary alicyclic amines) is 1. The summed E-state index contributed by atoms with van der Waals surface area (Å²) in [5.41, 5.74) is 3.62. The van der Waals surface area contributed by atoms with Gasteiger partial charge in [0.1, 0.15) is 17.3 Å². The summed E-state index contributed by atoms with van der Waals surface area (Å²) in [5.74, 6) is 1.57. The van der Waals surface area contributed by atoms with Crippen LogP contribution in [0.3, 0.4) is 0 Å². The van der Waals surface area contributed by atoms with Crippen LogP contribution in [0.1, 0.15) is 42.7 Å². The maximum Gasteiger partial charge on any atom is 0.149 e. The zero-order valence-electron chi connectivity index (χ0n) is 15.8. The summed E-state index contributed by atoms with van der Waals surface area (Å²) in [4.78, 5) is 2.35. The minimum absolute atomic E-state index is 0.223. The van der Waals surface area contributed by atoms with E-state index in [1.54, 1.807) is 6.07 Å². The molecule has 2 N–H and O–H groups in total. The number of likely N-dealkylation sites (N-methyl/N-ethyl adjacent to an activating group) is 1. The highest BCUT2D eigenvalue weighted by Crippen LogP contribution is 2.45. The van der Waals surface area contributed by atoms with Crippen molar-refractivity contribution in [3.63, 3.8) is 0 Å². The number of hydrogen-bond acceptors (Lipinski definition) is 5. The SMILES string of the molecule is CN1CCCC(Nc2cc(C3CC3)c(-c3ccc(C=C(Br)Br)cc3O)nn2)C1. The van der Waals surface area contributed by atoms with E-state index in [0.717, 1.165) is 45.5 Å². The van der Waals surface area contributed by atoms with E-state index in [1.165, 1.54) is 24.8 Å². The van der Waals surface area contributed by atoms with Gasteiger partial charge in [0.25, 0.3) is 0 Å². The fourth-order valence-electron chi connectivity index (χ4n) is 3.85. The summed E-state index contributed by atoms with van der Waals surface area (Å²) in [6.07, 6.45) is 6.59. The van der Waals surface area contributed by atoms with Crippen LogP contribution in [0.15, 0.2) is 27.7 Å². The molecule has 5 nitrogen and oxygen atoms in total. The van der Waals surface area contributed by atoms with E-state index >= 15 is 0 Å². The van der Waals surface area contributed by atoms with Gasteiger partial charge in [-0.2, -0.15) is 0 Å². The molecule has 2 aliphatic rings. The molecule has 4 rings (SSSR count). The highest BCUT2D eigenvalue weighted by atomic mass is 79.9. The predicted octanol–water partition coefficient (Wildman–Crippen LogP) is 5.32. The van der Waals surface area contributed by atoms with E-state index in [9.17, 15) is 5.11 Å². The van der Waals surface area contributed by atoms with Crippen LogP contribution in [0.25, 0.3) is 17.3 Å². The Hall–Kier alpha value is -1.44. The predicted molar refractivity (Wildman–Crippen MR) is 121 cm³/mol. The fourth-order valence-corrected chi connectivity index (χ4v) is 4.38. The van der Waals surface area contributed by atoms with Crippen molar-refractivity contribution in [3.8, 4) is 17.0 Å². The van der Waals surface area contributed by atoms with Crippen molar-refractivity contribution in [1.29, 1.82) is 0 Å². The first-order chi connectivity index (χ1) is 13.5. The van der Waals surface area contributed by atoms with Gasteiger partial charge < -0.3 is 15.3 Å². The molecule has 28 heavy (non-hydrogen) atoms. The van der Waals surface area contributed by atoms with Crippen LogP contribution in [0.5, 0.6) is 5.75 Å². The Kier molecular flexibility index (Phi) is 6.04. The fraction of sp³-hybridized carbons (Fsp3) is 0.429. The summed E-state index contributed by atoms with van der Waals surface area (Å²) in [6, 6.07) is 8.19. The zero-order valence-corrected chi connectivity index (χ0v) is 19.0. The second kappa shape index (κ2) is 8.51. The lowest BCUT2D eigenvalue weighted by atomic mass is 10.0. The number of hydrogen-bond donors (Lipinski definition) is 2. The Bertz CT molecular complexity index is 894. The summed E-state index contributed by atoms with van der Waals surface area (Å²) in [7, 11) is 2.16. The number of piperidine rings is 1. The minimum atomic E-state index is 0.223. The number of phenols is 1. The van der Waals surface area contributed by atoms with Crippen LogP contribution in [0.2, 0.25) is 0 Å². The van der Waals surface area contributed by atoms with E-state index in [2.05, 4.69) is 65.4 Å². The standard InChI is InChI=1S/C21H24Br2N4O/c1-27-8-2-3-15(12-27)24-20-11-17(14-5-6-14)21(26-25-20)16-7-4-13(9-18(16)28)10-19(22)23/h4,7,9-11,14-15,28H,2-3,5-6,8,12H2,1H3,(H,24,25). The molecule has 1 unspecified atom stereocenters. The minimum Gasteiger partial charge on any atom is -0.507 e. The second-order valence-corrected chi connectivity index (χ2v) is 10.5. The van der Waals surface area contributed by atoms with Gasteiger partial charge in [0, 0.05) is 18.2 Å². The molecule has 2 aromatic rings. The van der Waals surface area contributed by atoms with Gasteiger partial charge in [0.15, 0.2) is 0 Å². The largest absolute Gasteiger partial charge is 0.507 e. The highest BCUT2D eigenvalue weighted by Gasteiger charge is 2.29. The second-order valence-electron chi connectivity index (χ2n) is 7.76. The number of anilines is 1. The van der Waals surface area contributed by atoms with Crippen LogP contribution >= 0.6 is 31.9 Å². The van der Waals surface area contributed by atoms with E-state index in [4.69, 9.17) is 0 Å². The molecular formula is C21H24Br2N4O. The van der Waals surface area contributed by atoms with Crippen LogP contribution in [0.4, 0.5) is 5.82 Å². The van der Waals surface area contributed by atoms with Gasteiger partial charge in [-0.1, -0.05) is 6.07 Å². The molecule has 0 spiro atoms. The average molecular weight is 508 g/mol. The molecule has 1 aromatic carbocycles. The summed E-state index contributed by atoms with van der Waals surface area (Å²) >= 11 is 6.71. The third-order valence-electron chi connectivity index (χ3n) is 5.37. The molecule has 148 valence electrons. The number of nitrogens with one attached hydrogen (secondary N) is 1. The van der Waals surface area contributed by atoms with Gasteiger partial charge in [-0.15, -0.1) is 10.2 Å². The molecule has 1 saturated heterocycles. The van der Waals surface area contributed by atoms with Gasteiger partial charge >= 0.3 is 0 Å². The molecule has 0 bridgehead atoms. The molecule has 7 heteroatoms. The third-order valence-corrected chi connectivity index (χ3v) is 5.83. The van der Waals surface area contributed by atoms with E-state index < -0.39 is 0 Å². The van der Waals surface area contributed by atoms with Crippen LogP contribution in [-0.4, -0.2) is 46.4 Å². The van der Waals surface area contributed by atoms with Gasteiger partial charge in [0.05, 0.1) is 3.39 Å². The first kappa shape index (κ1) is 19.9. The van der Waals surface area contributed by atoms with Gasteiger partial charge in [-0.05, 0) is 112 Å². The molecular weight excluding hydrogens is 484 g/mol. The number of aromatic hydroxyl groups is 1. The molecule has 0 amide bonds. The number of halogens is 2. The smallest absolute Gasteiger partial charge is 0.149 e. The normalized spacial score (nSPS) is 20.0. The average Bonchev–Trinajstić information content (AvgIpc) is 3.47. The summed E-state index contributed by atoms with van der Waals surface area (Å²) < 4.78 is 0.828. The first-order valence-electron chi connectivity index (χ1n) is 9.68. The Labute approximate surface area is 182 Å². The topological polar surface area (TPSA) is 61.3 Å². The van der Waals surface area contributed by atoms with Crippen molar-refractivity contribution >= 4 is 43.8 Å². The number of nitrogens with zero attached hydrogens (tertiary/aromatic N) is 3. The van der Waals surface area contributed by atoms with Crippen molar-refractivity contribution in [2.75, 3.05) is 25.5 Å². The maximum absolute atomic E-state index is 10.6. The van der Waals surface area contributed by atoms with Crippen molar-refractivity contribution < 1.29 is 5.11 Å². The molecule has 1 atom stereocenters. The first-order valence-corrected chi connectivity index (χ1v) is 11.3. The van der Waals surface area contributed by atoms with Crippen LogP contribution in [-0.2, 0) is 0 Å².